The van der Waals surface area contributed by atoms with Crippen LogP contribution in [0.15, 0.2) is 78.9 Å². The fraction of sp³-hybridized carbons (Fsp3) is 0.0500. The van der Waals surface area contributed by atoms with Crippen molar-refractivity contribution in [2.45, 2.75) is 6.54 Å². The van der Waals surface area contributed by atoms with E-state index in [0.29, 0.717) is 23.0 Å². The minimum atomic E-state index is -0.272. The fourth-order valence-corrected chi connectivity index (χ4v) is 2.32. The number of nitrogens with one attached hydrogen (secondary N) is 2. The number of urea groups is 1. The van der Waals surface area contributed by atoms with Crippen molar-refractivity contribution in [3.63, 3.8) is 0 Å². The lowest BCUT2D eigenvalue weighted by molar-refractivity contribution is 0.251. The predicted octanol–water partition coefficient (Wildman–Crippen LogP) is 5.45. The highest BCUT2D eigenvalue weighted by molar-refractivity contribution is 6.30. The van der Waals surface area contributed by atoms with Crippen molar-refractivity contribution in [2.75, 3.05) is 5.32 Å². The van der Waals surface area contributed by atoms with E-state index in [-0.39, 0.29) is 6.03 Å². The largest absolute Gasteiger partial charge is 0.457 e. The summed E-state index contributed by atoms with van der Waals surface area (Å²) in [6.45, 7) is 0.429. The van der Waals surface area contributed by atoms with E-state index in [1.165, 1.54) is 0 Å². The summed E-state index contributed by atoms with van der Waals surface area (Å²) in [6.07, 6.45) is 0. The normalized spacial score (nSPS) is 10.1. The van der Waals surface area contributed by atoms with Crippen LogP contribution in [-0.4, -0.2) is 6.03 Å². The zero-order chi connectivity index (χ0) is 17.5. The molecule has 2 amide bonds. The first-order valence-electron chi connectivity index (χ1n) is 7.81. The van der Waals surface area contributed by atoms with Gasteiger partial charge < -0.3 is 15.4 Å². The lowest BCUT2D eigenvalue weighted by atomic mass is 10.2. The van der Waals surface area contributed by atoms with Gasteiger partial charge in [0.2, 0.25) is 0 Å². The molecule has 0 radical (unpaired) electrons. The molecule has 4 nitrogen and oxygen atoms in total. The van der Waals surface area contributed by atoms with Crippen molar-refractivity contribution in [1.82, 2.24) is 5.32 Å². The van der Waals surface area contributed by atoms with E-state index in [0.717, 1.165) is 11.3 Å². The van der Waals surface area contributed by atoms with Crippen molar-refractivity contribution in [1.29, 1.82) is 0 Å². The number of amides is 2. The van der Waals surface area contributed by atoms with Crippen LogP contribution in [0.25, 0.3) is 0 Å². The molecular formula is C20H17ClN2O2. The number of carbonyl (C=O) groups excluding carboxylic acids is 1. The van der Waals surface area contributed by atoms with Crippen LogP contribution in [-0.2, 0) is 6.54 Å². The number of rotatable bonds is 5. The maximum absolute atomic E-state index is 11.9. The van der Waals surface area contributed by atoms with Crippen LogP contribution in [0.1, 0.15) is 5.56 Å². The van der Waals surface area contributed by atoms with E-state index in [2.05, 4.69) is 10.6 Å². The van der Waals surface area contributed by atoms with Gasteiger partial charge in [-0.3, -0.25) is 0 Å². The van der Waals surface area contributed by atoms with Crippen molar-refractivity contribution < 1.29 is 9.53 Å². The Kier molecular flexibility index (Phi) is 5.54. The standard InChI is InChI=1S/C20H17ClN2O2/c21-16-8-6-15(7-9-16)14-22-20(24)23-17-10-12-19(13-11-17)25-18-4-2-1-3-5-18/h1-13H,14H2,(H2,22,23,24). The van der Waals surface area contributed by atoms with Gasteiger partial charge in [-0.25, -0.2) is 4.79 Å². The van der Waals surface area contributed by atoms with Gasteiger partial charge in [0.25, 0.3) is 0 Å². The first-order chi connectivity index (χ1) is 12.2. The molecule has 2 N–H and O–H groups in total. The van der Waals surface area contributed by atoms with Gasteiger partial charge in [0.1, 0.15) is 11.5 Å². The molecule has 0 aliphatic rings. The molecule has 0 atom stereocenters. The van der Waals surface area contributed by atoms with Gasteiger partial charge >= 0.3 is 6.03 Å². The molecule has 3 rings (SSSR count). The molecule has 0 saturated heterocycles. The monoisotopic (exact) mass is 352 g/mol. The lowest BCUT2D eigenvalue weighted by Crippen LogP contribution is -2.28. The molecule has 0 heterocycles. The summed E-state index contributed by atoms with van der Waals surface area (Å²) < 4.78 is 5.71. The van der Waals surface area contributed by atoms with Crippen LogP contribution in [0.2, 0.25) is 5.02 Å². The zero-order valence-electron chi connectivity index (χ0n) is 13.4. The molecule has 0 bridgehead atoms. The first kappa shape index (κ1) is 16.9. The summed E-state index contributed by atoms with van der Waals surface area (Å²) >= 11 is 5.84. The summed E-state index contributed by atoms with van der Waals surface area (Å²) in [7, 11) is 0. The van der Waals surface area contributed by atoms with Gasteiger partial charge in [-0.2, -0.15) is 0 Å². The van der Waals surface area contributed by atoms with Crippen LogP contribution in [0.3, 0.4) is 0 Å². The molecule has 0 aliphatic heterocycles. The van der Waals surface area contributed by atoms with Gasteiger partial charge in [0, 0.05) is 17.3 Å². The number of hydrogen-bond donors (Lipinski definition) is 2. The average Bonchev–Trinajstić information content (AvgIpc) is 2.64. The van der Waals surface area contributed by atoms with Gasteiger partial charge in [0.15, 0.2) is 0 Å². The van der Waals surface area contributed by atoms with Crippen molar-refractivity contribution in [2.24, 2.45) is 0 Å². The van der Waals surface area contributed by atoms with Crippen LogP contribution in [0.5, 0.6) is 11.5 Å². The number of para-hydroxylation sites is 1. The van der Waals surface area contributed by atoms with Crippen molar-refractivity contribution >= 4 is 23.3 Å². The molecule has 0 unspecified atom stereocenters. The van der Waals surface area contributed by atoms with Gasteiger partial charge in [-0.05, 0) is 54.1 Å². The molecule has 25 heavy (non-hydrogen) atoms. The molecule has 0 aliphatic carbocycles. The lowest BCUT2D eigenvalue weighted by Gasteiger charge is -2.09. The number of halogens is 1. The minimum absolute atomic E-state index is 0.272. The Morgan fingerprint density at radius 3 is 2.16 bits per heavy atom. The third-order valence-corrected chi connectivity index (χ3v) is 3.71. The number of anilines is 1. The van der Waals surface area contributed by atoms with Crippen LogP contribution < -0.4 is 15.4 Å². The highest BCUT2D eigenvalue weighted by Crippen LogP contribution is 2.22. The summed E-state index contributed by atoms with van der Waals surface area (Å²) in [6, 6.07) is 23.8. The second kappa shape index (κ2) is 8.22. The number of hydrogen-bond acceptors (Lipinski definition) is 2. The quantitative estimate of drug-likeness (QED) is 0.641. The van der Waals surface area contributed by atoms with Gasteiger partial charge in [-0.15, -0.1) is 0 Å². The maximum Gasteiger partial charge on any atom is 0.319 e. The summed E-state index contributed by atoms with van der Waals surface area (Å²) in [5.41, 5.74) is 1.67. The summed E-state index contributed by atoms with van der Waals surface area (Å²) in [4.78, 5) is 11.9. The predicted molar refractivity (Wildman–Crippen MR) is 100 cm³/mol. The number of ether oxygens (including phenoxy) is 1. The smallest absolute Gasteiger partial charge is 0.319 e. The molecular weight excluding hydrogens is 336 g/mol. The molecule has 0 fully saturated rings. The zero-order valence-corrected chi connectivity index (χ0v) is 14.2. The number of carbonyl (C=O) groups is 1. The maximum atomic E-state index is 11.9. The Labute approximate surface area is 151 Å². The molecule has 3 aromatic carbocycles. The number of benzene rings is 3. The van der Waals surface area contributed by atoms with Crippen LogP contribution >= 0.6 is 11.6 Å². The Morgan fingerprint density at radius 2 is 1.48 bits per heavy atom. The van der Waals surface area contributed by atoms with E-state index in [4.69, 9.17) is 16.3 Å². The first-order valence-corrected chi connectivity index (χ1v) is 8.19. The molecule has 0 saturated carbocycles. The molecule has 0 spiro atoms. The second-order valence-electron chi connectivity index (χ2n) is 5.37. The van der Waals surface area contributed by atoms with E-state index in [9.17, 15) is 4.79 Å². The van der Waals surface area contributed by atoms with Gasteiger partial charge in [-0.1, -0.05) is 41.9 Å². The van der Waals surface area contributed by atoms with Crippen LogP contribution in [0.4, 0.5) is 10.5 Å². The second-order valence-corrected chi connectivity index (χ2v) is 5.81. The van der Waals surface area contributed by atoms with E-state index < -0.39 is 0 Å². The molecule has 5 heteroatoms. The van der Waals surface area contributed by atoms with Crippen molar-refractivity contribution in [3.05, 3.63) is 89.4 Å². The Hall–Kier alpha value is -2.98. The Bertz CT molecular complexity index is 819. The van der Waals surface area contributed by atoms with E-state index >= 15 is 0 Å². The average molecular weight is 353 g/mol. The third kappa shape index (κ3) is 5.26. The minimum Gasteiger partial charge on any atom is -0.457 e. The van der Waals surface area contributed by atoms with E-state index in [1.54, 1.807) is 24.3 Å². The van der Waals surface area contributed by atoms with E-state index in [1.807, 2.05) is 54.6 Å². The SMILES string of the molecule is O=C(NCc1ccc(Cl)cc1)Nc1ccc(Oc2ccccc2)cc1. The summed E-state index contributed by atoms with van der Waals surface area (Å²) in [5.74, 6) is 1.47. The Balaban J connectivity index is 1.50. The van der Waals surface area contributed by atoms with Gasteiger partial charge in [0.05, 0.1) is 0 Å². The van der Waals surface area contributed by atoms with Crippen molar-refractivity contribution in [3.8, 4) is 11.5 Å². The molecule has 0 aromatic heterocycles. The molecule has 3 aromatic rings. The highest BCUT2D eigenvalue weighted by Gasteiger charge is 2.03. The fourth-order valence-electron chi connectivity index (χ4n) is 2.19. The summed E-state index contributed by atoms with van der Waals surface area (Å²) in [5, 5.41) is 6.25. The topological polar surface area (TPSA) is 50.4 Å². The van der Waals surface area contributed by atoms with Crippen LogP contribution in [0, 0.1) is 0 Å². The third-order valence-electron chi connectivity index (χ3n) is 3.46. The Morgan fingerprint density at radius 1 is 0.840 bits per heavy atom. The molecule has 126 valence electrons. The highest BCUT2D eigenvalue weighted by atomic mass is 35.5.